The Labute approximate surface area is 95.0 Å². The van der Waals surface area contributed by atoms with Crippen LogP contribution in [-0.2, 0) is 4.74 Å². The molecule has 17 heavy (non-hydrogen) atoms. The van der Waals surface area contributed by atoms with E-state index in [0.29, 0.717) is 5.69 Å². The van der Waals surface area contributed by atoms with E-state index in [1.165, 1.54) is 0 Å². The van der Waals surface area contributed by atoms with Crippen molar-refractivity contribution in [1.29, 1.82) is 0 Å². The van der Waals surface area contributed by atoms with Crippen molar-refractivity contribution in [2.45, 2.75) is 13.8 Å². The lowest BCUT2D eigenvalue weighted by Crippen LogP contribution is -2.19. The number of nitrogens with one attached hydrogen (secondary N) is 1. The Hall–Kier alpha value is -2.31. The molecule has 0 bridgehead atoms. The van der Waals surface area contributed by atoms with Crippen LogP contribution in [0.1, 0.15) is 23.0 Å². The molecule has 2 N–H and O–H groups in total. The number of hydrogen-bond donors (Lipinski definition) is 2. The van der Waals surface area contributed by atoms with Crippen LogP contribution in [0, 0.1) is 6.92 Å². The van der Waals surface area contributed by atoms with Crippen molar-refractivity contribution in [1.82, 2.24) is 10.1 Å². The van der Waals surface area contributed by atoms with Crippen LogP contribution in [0.4, 0.5) is 0 Å². The number of hydrogen-bond acceptors (Lipinski definition) is 6. The molecular formula is C10H10N2O5. The summed E-state index contributed by atoms with van der Waals surface area (Å²) in [7, 11) is 0. The molecule has 0 aromatic carbocycles. The number of ether oxygens (including phenoxy) is 1. The average molecular weight is 238 g/mol. The van der Waals surface area contributed by atoms with Crippen molar-refractivity contribution < 1.29 is 19.2 Å². The van der Waals surface area contributed by atoms with E-state index in [1.807, 2.05) is 0 Å². The lowest BCUT2D eigenvalue weighted by atomic mass is 10.2. The quantitative estimate of drug-likeness (QED) is 0.746. The normalized spacial score (nSPS) is 10.7. The first-order valence-corrected chi connectivity index (χ1v) is 4.94. The minimum Gasteiger partial charge on any atom is -0.503 e. The molecule has 90 valence electrons. The lowest BCUT2D eigenvalue weighted by molar-refractivity contribution is 0.0521. The summed E-state index contributed by atoms with van der Waals surface area (Å²) < 4.78 is 9.49. The number of pyridine rings is 1. The van der Waals surface area contributed by atoms with Gasteiger partial charge in [0, 0.05) is 0 Å². The van der Waals surface area contributed by atoms with Gasteiger partial charge in [-0.1, -0.05) is 5.16 Å². The number of aromatic hydroxyl groups is 1. The van der Waals surface area contributed by atoms with Gasteiger partial charge in [-0.3, -0.25) is 4.79 Å². The van der Waals surface area contributed by atoms with Crippen LogP contribution in [0.25, 0.3) is 11.1 Å². The smallest absolute Gasteiger partial charge is 0.347 e. The van der Waals surface area contributed by atoms with Gasteiger partial charge in [0.1, 0.15) is 11.2 Å². The fraction of sp³-hybridized carbons (Fsp3) is 0.300. The van der Waals surface area contributed by atoms with Crippen molar-refractivity contribution in [3.8, 4) is 5.75 Å². The summed E-state index contributed by atoms with van der Waals surface area (Å²) in [6.45, 7) is 3.30. The lowest BCUT2D eigenvalue weighted by Gasteiger charge is -2.02. The number of fused-ring (bicyclic) bond motifs is 1. The largest absolute Gasteiger partial charge is 0.503 e. The topological polar surface area (TPSA) is 105 Å². The molecular weight excluding hydrogens is 228 g/mol. The summed E-state index contributed by atoms with van der Waals surface area (Å²) in [5, 5.41) is 13.4. The first-order valence-electron chi connectivity index (χ1n) is 4.94. The van der Waals surface area contributed by atoms with E-state index in [2.05, 4.69) is 14.9 Å². The summed E-state index contributed by atoms with van der Waals surface area (Å²) in [5.74, 6) is -1.45. The Morgan fingerprint density at radius 2 is 2.29 bits per heavy atom. The van der Waals surface area contributed by atoms with Gasteiger partial charge < -0.3 is 19.4 Å². The van der Waals surface area contributed by atoms with Crippen LogP contribution in [0.15, 0.2) is 9.32 Å². The fourth-order valence-corrected chi connectivity index (χ4v) is 1.47. The molecule has 0 fully saturated rings. The molecule has 0 amide bonds. The van der Waals surface area contributed by atoms with E-state index in [4.69, 9.17) is 4.52 Å². The van der Waals surface area contributed by atoms with Crippen LogP contribution in [0.3, 0.4) is 0 Å². The van der Waals surface area contributed by atoms with Crippen LogP contribution in [0.5, 0.6) is 5.75 Å². The van der Waals surface area contributed by atoms with Crippen LogP contribution < -0.4 is 5.56 Å². The number of aryl methyl sites for hydroxylation is 1. The Balaban J connectivity index is 2.73. The summed E-state index contributed by atoms with van der Waals surface area (Å²) in [5.41, 5.74) is -0.566. The maximum Gasteiger partial charge on any atom is 0.347 e. The van der Waals surface area contributed by atoms with Gasteiger partial charge in [0.2, 0.25) is 5.58 Å². The number of rotatable bonds is 2. The molecule has 2 rings (SSSR count). The van der Waals surface area contributed by atoms with E-state index in [-0.39, 0.29) is 17.7 Å². The first-order chi connectivity index (χ1) is 8.06. The molecule has 0 aliphatic rings. The molecule has 0 saturated carbocycles. The van der Waals surface area contributed by atoms with E-state index in [1.54, 1.807) is 13.8 Å². The second-order valence-corrected chi connectivity index (χ2v) is 3.37. The van der Waals surface area contributed by atoms with Gasteiger partial charge in [0.15, 0.2) is 11.3 Å². The number of aromatic nitrogens is 2. The van der Waals surface area contributed by atoms with Gasteiger partial charge in [-0.15, -0.1) is 0 Å². The minimum absolute atomic E-state index is 0.0369. The molecule has 0 radical (unpaired) electrons. The Kier molecular flexibility index (Phi) is 2.58. The highest BCUT2D eigenvalue weighted by Crippen LogP contribution is 2.26. The standard InChI is InChI=1S/C10H10N2O5/c1-3-16-10(15)5-7(13)8-6(11-9(5)14)4(2)12-17-8/h3H2,1-2H3,(H2,11,13,14). The second kappa shape index (κ2) is 3.93. The Morgan fingerprint density at radius 1 is 1.59 bits per heavy atom. The zero-order chi connectivity index (χ0) is 12.6. The zero-order valence-corrected chi connectivity index (χ0v) is 9.23. The summed E-state index contributed by atoms with van der Waals surface area (Å²) in [6.07, 6.45) is 0. The number of carbonyl (C=O) groups is 1. The summed E-state index contributed by atoms with van der Waals surface area (Å²) in [6, 6.07) is 0. The van der Waals surface area contributed by atoms with Gasteiger partial charge in [0.25, 0.3) is 5.56 Å². The van der Waals surface area contributed by atoms with E-state index in [0.717, 1.165) is 0 Å². The number of H-pyrrole nitrogens is 1. The third kappa shape index (κ3) is 1.65. The Bertz CT molecular complexity index is 640. The van der Waals surface area contributed by atoms with Gasteiger partial charge in [-0.2, -0.15) is 0 Å². The SMILES string of the molecule is CCOC(=O)c1c(O)c2onc(C)c2[nH]c1=O. The second-order valence-electron chi connectivity index (χ2n) is 3.37. The Morgan fingerprint density at radius 3 is 2.94 bits per heavy atom. The van der Waals surface area contributed by atoms with Crippen LogP contribution >= 0.6 is 0 Å². The molecule has 0 atom stereocenters. The third-order valence-electron chi connectivity index (χ3n) is 2.26. The van der Waals surface area contributed by atoms with Gasteiger partial charge in [-0.25, -0.2) is 4.79 Å². The molecule has 7 nitrogen and oxygen atoms in total. The van der Waals surface area contributed by atoms with Crippen LogP contribution in [0.2, 0.25) is 0 Å². The van der Waals surface area contributed by atoms with Crippen LogP contribution in [-0.4, -0.2) is 27.8 Å². The highest BCUT2D eigenvalue weighted by Gasteiger charge is 2.23. The number of aromatic amines is 1. The first kappa shape index (κ1) is 11.2. The third-order valence-corrected chi connectivity index (χ3v) is 2.26. The van der Waals surface area contributed by atoms with Crippen molar-refractivity contribution in [2.75, 3.05) is 6.61 Å². The molecule has 7 heteroatoms. The molecule has 2 aromatic heterocycles. The minimum atomic E-state index is -0.901. The van der Waals surface area contributed by atoms with Gasteiger partial charge >= 0.3 is 5.97 Å². The molecule has 0 unspecified atom stereocenters. The number of carbonyl (C=O) groups excluding carboxylic acids is 1. The van der Waals surface area contributed by atoms with Crippen molar-refractivity contribution in [2.24, 2.45) is 0 Å². The zero-order valence-electron chi connectivity index (χ0n) is 9.23. The van der Waals surface area contributed by atoms with Gasteiger partial charge in [-0.05, 0) is 13.8 Å². The summed E-state index contributed by atoms with van der Waals surface area (Å²) >= 11 is 0. The number of nitrogens with zero attached hydrogens (tertiary/aromatic N) is 1. The van der Waals surface area contributed by atoms with Gasteiger partial charge in [0.05, 0.1) is 6.61 Å². The molecule has 0 saturated heterocycles. The maximum absolute atomic E-state index is 11.6. The highest BCUT2D eigenvalue weighted by molar-refractivity contribution is 5.97. The predicted octanol–water partition coefficient (Wildman–Crippen LogP) is 0.707. The maximum atomic E-state index is 11.6. The average Bonchev–Trinajstić information content (AvgIpc) is 2.61. The highest BCUT2D eigenvalue weighted by atomic mass is 16.5. The molecule has 0 spiro atoms. The predicted molar refractivity (Wildman–Crippen MR) is 57.0 cm³/mol. The molecule has 0 aliphatic heterocycles. The van der Waals surface area contributed by atoms with E-state index < -0.39 is 22.8 Å². The monoisotopic (exact) mass is 238 g/mol. The molecule has 0 aliphatic carbocycles. The van der Waals surface area contributed by atoms with Crippen molar-refractivity contribution in [3.63, 3.8) is 0 Å². The van der Waals surface area contributed by atoms with Crippen molar-refractivity contribution in [3.05, 3.63) is 21.6 Å². The summed E-state index contributed by atoms with van der Waals surface area (Å²) in [4.78, 5) is 25.5. The molecule has 2 aromatic rings. The number of esters is 1. The van der Waals surface area contributed by atoms with E-state index in [9.17, 15) is 14.7 Å². The van der Waals surface area contributed by atoms with Crippen molar-refractivity contribution >= 4 is 17.1 Å². The van der Waals surface area contributed by atoms with E-state index >= 15 is 0 Å². The fourth-order valence-electron chi connectivity index (χ4n) is 1.47. The molecule has 2 heterocycles.